The molecule has 0 aliphatic rings. The molecule has 0 saturated heterocycles. The first-order valence-electron chi connectivity index (χ1n) is 33.5. The van der Waals surface area contributed by atoms with Crippen molar-refractivity contribution < 1.29 is 28.6 Å². The van der Waals surface area contributed by atoms with Gasteiger partial charge in [-0.05, 0) is 51.4 Å². The highest BCUT2D eigenvalue weighted by Gasteiger charge is 2.19. The van der Waals surface area contributed by atoms with Crippen LogP contribution in [0.4, 0.5) is 0 Å². The molecule has 6 heteroatoms. The van der Waals surface area contributed by atoms with E-state index in [1.54, 1.807) is 0 Å². The second-order valence-corrected chi connectivity index (χ2v) is 22.7. The van der Waals surface area contributed by atoms with Crippen molar-refractivity contribution in [2.24, 2.45) is 0 Å². The second-order valence-electron chi connectivity index (χ2n) is 22.7. The molecular weight excluding hydrogens is 925 g/mol. The number of carbonyl (C=O) groups is 3. The van der Waals surface area contributed by atoms with Gasteiger partial charge >= 0.3 is 17.9 Å². The number of hydrogen-bond acceptors (Lipinski definition) is 6. The third-order valence-corrected chi connectivity index (χ3v) is 15.1. The summed E-state index contributed by atoms with van der Waals surface area (Å²) in [4.78, 5) is 38.3. The lowest BCUT2D eigenvalue weighted by molar-refractivity contribution is -0.167. The van der Waals surface area contributed by atoms with Gasteiger partial charge in [0.05, 0.1) is 0 Å². The fourth-order valence-electron chi connectivity index (χ4n) is 10.1. The molecule has 6 nitrogen and oxygen atoms in total. The Kier molecular flexibility index (Phi) is 62.1. The van der Waals surface area contributed by atoms with Crippen LogP contribution in [0.15, 0.2) is 36.5 Å². The molecule has 0 rings (SSSR count). The maximum absolute atomic E-state index is 12.9. The third-order valence-electron chi connectivity index (χ3n) is 15.1. The predicted molar refractivity (Wildman–Crippen MR) is 326 cm³/mol. The van der Waals surface area contributed by atoms with Crippen LogP contribution >= 0.6 is 0 Å². The van der Waals surface area contributed by atoms with Gasteiger partial charge in [0.1, 0.15) is 13.2 Å². The summed E-state index contributed by atoms with van der Waals surface area (Å²) in [7, 11) is 0. The van der Waals surface area contributed by atoms with E-state index in [-0.39, 0.29) is 31.1 Å². The molecule has 0 saturated carbocycles. The fraction of sp³-hybridized carbons (Fsp3) is 0.870. The van der Waals surface area contributed by atoms with Crippen LogP contribution in [0, 0.1) is 0 Å². The van der Waals surface area contributed by atoms with E-state index in [2.05, 4.69) is 57.2 Å². The number of rotatable bonds is 62. The SMILES string of the molecule is CCCCCCCC/C=C\C/C=C\C/C=C\CCCC(=O)OC[C@H](COC(=O)CCCCCCCCCCCCCCCCCCCCCCC)OC(=O)CCCCCCCCCCCCCCCCCCCCC. The minimum atomic E-state index is -0.789. The molecule has 1 atom stereocenters. The smallest absolute Gasteiger partial charge is 0.306 e. The largest absolute Gasteiger partial charge is 0.462 e. The van der Waals surface area contributed by atoms with E-state index in [4.69, 9.17) is 14.2 Å². The maximum atomic E-state index is 12.9. The molecule has 0 aromatic carbocycles. The summed E-state index contributed by atoms with van der Waals surface area (Å²) < 4.78 is 16.9. The van der Waals surface area contributed by atoms with Gasteiger partial charge < -0.3 is 14.2 Å². The van der Waals surface area contributed by atoms with Gasteiger partial charge in [-0.15, -0.1) is 0 Å². The Labute approximate surface area is 467 Å². The molecule has 0 spiro atoms. The van der Waals surface area contributed by atoms with Crippen molar-refractivity contribution in [3.8, 4) is 0 Å². The molecule has 0 unspecified atom stereocenters. The number of hydrogen-bond donors (Lipinski definition) is 0. The van der Waals surface area contributed by atoms with E-state index in [1.165, 1.54) is 263 Å². The van der Waals surface area contributed by atoms with Gasteiger partial charge in [0.15, 0.2) is 6.10 Å². The zero-order valence-electron chi connectivity index (χ0n) is 50.6. The molecule has 75 heavy (non-hydrogen) atoms. The quantitative estimate of drug-likeness (QED) is 0.0261. The Hall–Kier alpha value is -2.37. The molecule has 0 aromatic rings. The van der Waals surface area contributed by atoms with E-state index in [9.17, 15) is 14.4 Å². The van der Waals surface area contributed by atoms with E-state index in [0.29, 0.717) is 25.7 Å². The minimum Gasteiger partial charge on any atom is -0.462 e. The van der Waals surface area contributed by atoms with Crippen LogP contribution in [0.25, 0.3) is 0 Å². The molecule has 0 fully saturated rings. The van der Waals surface area contributed by atoms with Crippen LogP contribution in [-0.2, 0) is 28.6 Å². The van der Waals surface area contributed by atoms with Crippen molar-refractivity contribution in [2.45, 2.75) is 374 Å². The Morgan fingerprint density at radius 2 is 0.493 bits per heavy atom. The van der Waals surface area contributed by atoms with Crippen LogP contribution in [0.1, 0.15) is 367 Å². The van der Waals surface area contributed by atoms with E-state index >= 15 is 0 Å². The average Bonchev–Trinajstić information content (AvgIpc) is 3.41. The fourth-order valence-corrected chi connectivity index (χ4v) is 10.1. The Morgan fingerprint density at radius 3 is 0.800 bits per heavy atom. The molecule has 0 aliphatic carbocycles. The average molecular weight is 1050 g/mol. The number of carbonyl (C=O) groups excluding carboxylic acids is 3. The van der Waals surface area contributed by atoms with Crippen LogP contribution in [0.5, 0.6) is 0 Å². The highest BCUT2D eigenvalue weighted by Crippen LogP contribution is 2.18. The van der Waals surface area contributed by atoms with Crippen molar-refractivity contribution in [1.82, 2.24) is 0 Å². The summed E-state index contributed by atoms with van der Waals surface area (Å²) in [5.41, 5.74) is 0. The summed E-state index contributed by atoms with van der Waals surface area (Å²) >= 11 is 0. The third kappa shape index (κ3) is 62.4. The van der Waals surface area contributed by atoms with Crippen LogP contribution in [0.3, 0.4) is 0 Å². The summed E-state index contributed by atoms with van der Waals surface area (Å²) in [5, 5.41) is 0. The lowest BCUT2D eigenvalue weighted by Gasteiger charge is -2.18. The second kappa shape index (κ2) is 64.2. The molecule has 0 amide bonds. The minimum absolute atomic E-state index is 0.0819. The van der Waals surface area contributed by atoms with E-state index in [0.717, 1.165) is 57.8 Å². The van der Waals surface area contributed by atoms with Crippen molar-refractivity contribution in [2.75, 3.05) is 13.2 Å². The standard InChI is InChI=1S/C69H128O6/c1-4-7-10-13-16-19-22-25-28-31-33-34-36-38-41-44-47-50-53-56-59-62-68(71)74-65-66(64-73-67(70)61-58-55-52-49-46-43-40-37-30-27-24-21-18-15-12-9-6-3)75-69(72)63-60-57-54-51-48-45-42-39-35-32-29-26-23-20-17-14-11-8-5-2/h27,30,40,43,49,52,66H,4-26,28-29,31-39,41-42,44-48,50-51,53-65H2,1-3H3/b30-27-,43-40-,52-49-/t66-/m1/s1. The van der Waals surface area contributed by atoms with Crippen LogP contribution in [0.2, 0.25) is 0 Å². The van der Waals surface area contributed by atoms with Gasteiger partial charge in [-0.25, -0.2) is 0 Å². The molecule has 0 aromatic heterocycles. The summed E-state index contributed by atoms with van der Waals surface area (Å²) in [5.74, 6) is -0.908. The monoisotopic (exact) mass is 1050 g/mol. The van der Waals surface area contributed by atoms with Gasteiger partial charge in [-0.1, -0.05) is 333 Å². The Bertz CT molecular complexity index is 1250. The van der Waals surface area contributed by atoms with Gasteiger partial charge in [0.2, 0.25) is 0 Å². The highest BCUT2D eigenvalue weighted by molar-refractivity contribution is 5.71. The van der Waals surface area contributed by atoms with Gasteiger partial charge in [-0.2, -0.15) is 0 Å². The van der Waals surface area contributed by atoms with Crippen LogP contribution < -0.4 is 0 Å². The normalized spacial score (nSPS) is 12.2. The van der Waals surface area contributed by atoms with Crippen molar-refractivity contribution >= 4 is 17.9 Å². The highest BCUT2D eigenvalue weighted by atomic mass is 16.6. The van der Waals surface area contributed by atoms with Crippen molar-refractivity contribution in [3.05, 3.63) is 36.5 Å². The number of allylic oxidation sites excluding steroid dienone is 6. The molecule has 0 aliphatic heterocycles. The lowest BCUT2D eigenvalue weighted by Crippen LogP contribution is -2.30. The number of unbranched alkanes of at least 4 members (excludes halogenated alkanes) is 45. The number of esters is 3. The summed E-state index contributed by atoms with van der Waals surface area (Å²) in [6, 6.07) is 0. The van der Waals surface area contributed by atoms with Crippen LogP contribution in [-0.4, -0.2) is 37.2 Å². The topological polar surface area (TPSA) is 78.9 Å². The molecule has 0 N–H and O–H groups in total. The summed E-state index contributed by atoms with van der Waals surface area (Å²) in [6.45, 7) is 6.67. The van der Waals surface area contributed by atoms with Gasteiger partial charge in [0.25, 0.3) is 0 Å². The van der Waals surface area contributed by atoms with E-state index in [1.807, 2.05) is 0 Å². The molecule has 0 heterocycles. The number of ether oxygens (including phenoxy) is 3. The van der Waals surface area contributed by atoms with E-state index < -0.39 is 6.10 Å². The maximum Gasteiger partial charge on any atom is 0.306 e. The zero-order valence-corrected chi connectivity index (χ0v) is 50.6. The van der Waals surface area contributed by atoms with Crippen molar-refractivity contribution in [1.29, 1.82) is 0 Å². The molecule has 0 bridgehead atoms. The summed E-state index contributed by atoms with van der Waals surface area (Å²) in [6.07, 6.45) is 78.8. The molecule has 440 valence electrons. The lowest BCUT2D eigenvalue weighted by atomic mass is 10.0. The first-order chi connectivity index (χ1) is 37.0. The predicted octanol–water partition coefficient (Wildman–Crippen LogP) is 22.8. The first kappa shape index (κ1) is 72.6. The Balaban J connectivity index is 4.35. The van der Waals surface area contributed by atoms with Gasteiger partial charge in [0, 0.05) is 19.3 Å². The van der Waals surface area contributed by atoms with Crippen molar-refractivity contribution in [3.63, 3.8) is 0 Å². The zero-order chi connectivity index (χ0) is 54.3. The molecule has 0 radical (unpaired) electrons. The Morgan fingerprint density at radius 1 is 0.267 bits per heavy atom. The molecular formula is C69H128O6. The first-order valence-corrected chi connectivity index (χ1v) is 33.5. The van der Waals surface area contributed by atoms with Gasteiger partial charge in [-0.3, -0.25) is 14.4 Å².